The van der Waals surface area contributed by atoms with Crippen molar-refractivity contribution in [1.29, 1.82) is 0 Å². The molecule has 0 amide bonds. The van der Waals surface area contributed by atoms with Crippen LogP contribution in [-0.2, 0) is 0 Å². The number of hydrogen-bond donors (Lipinski definition) is 5. The summed E-state index contributed by atoms with van der Waals surface area (Å²) in [5, 5.41) is 27.9. The Labute approximate surface area is 136 Å². The van der Waals surface area contributed by atoms with Gasteiger partial charge in [-0.3, -0.25) is 0 Å². The van der Waals surface area contributed by atoms with Crippen LogP contribution in [0.1, 0.15) is 0 Å². The Kier molecular flexibility index (Phi) is 34.2. The zero-order valence-electron chi connectivity index (χ0n) is 7.48. The minimum atomic E-state index is -5.36. The molecule has 15 heavy (non-hydrogen) atoms. The molecule has 0 rings (SSSR count). The molecule has 10 nitrogen and oxygen atoms in total. The largest absolute Gasteiger partial charge is 2.00 e. The van der Waals surface area contributed by atoms with Crippen molar-refractivity contribution in [1.82, 2.24) is 0 Å². The van der Waals surface area contributed by atoms with Gasteiger partial charge >= 0.3 is 79.6 Å². The van der Waals surface area contributed by atoms with E-state index in [1.807, 2.05) is 0 Å². The Morgan fingerprint density at radius 3 is 0.867 bits per heavy atom. The van der Waals surface area contributed by atoms with Gasteiger partial charge in [0.05, 0.1) is 0 Å². The van der Waals surface area contributed by atoms with E-state index in [-0.39, 0.29) is 67.3 Å². The normalized spacial score (nSPS) is 7.20. The SMILES string of the molecule is O=C(O)O.O=C(O)O.[Ca+2].[Na+].[O-][Si]([O-])([O-])O. The van der Waals surface area contributed by atoms with Crippen LogP contribution in [0.4, 0.5) is 9.59 Å². The van der Waals surface area contributed by atoms with E-state index >= 15 is 0 Å². The van der Waals surface area contributed by atoms with Gasteiger partial charge in [0.1, 0.15) is 0 Å². The third-order valence-corrected chi connectivity index (χ3v) is 0. The van der Waals surface area contributed by atoms with Crippen molar-refractivity contribution in [3.05, 3.63) is 0 Å². The van der Waals surface area contributed by atoms with Gasteiger partial charge in [-0.2, -0.15) is 0 Å². The van der Waals surface area contributed by atoms with Gasteiger partial charge < -0.3 is 39.6 Å². The first-order valence-electron chi connectivity index (χ1n) is 2.14. The zero-order chi connectivity index (χ0) is 11.7. The summed E-state index contributed by atoms with van der Waals surface area (Å²) < 4.78 is 0. The molecule has 0 bridgehead atoms. The van der Waals surface area contributed by atoms with Crippen molar-refractivity contribution in [2.75, 3.05) is 0 Å². The molecule has 0 saturated heterocycles. The molecule has 0 fully saturated rings. The molecule has 80 valence electrons. The first-order valence-corrected chi connectivity index (χ1v) is 3.81. The first-order chi connectivity index (χ1) is 5.46. The maximum Gasteiger partial charge on any atom is 2.00 e. The van der Waals surface area contributed by atoms with Gasteiger partial charge in [0.25, 0.3) is 0 Å². The molecule has 0 spiro atoms. The fraction of sp³-hybridized carbons (Fsp3) is 0. The van der Waals surface area contributed by atoms with E-state index in [0.29, 0.717) is 0 Å². The molecular formula is C2H5CaNaO10Si. The fourth-order valence-electron chi connectivity index (χ4n) is 0. The van der Waals surface area contributed by atoms with E-state index in [1.54, 1.807) is 0 Å². The summed E-state index contributed by atoms with van der Waals surface area (Å²) in [7, 11) is -5.36. The van der Waals surface area contributed by atoms with Gasteiger partial charge in [-0.1, -0.05) is 0 Å². The van der Waals surface area contributed by atoms with Crippen LogP contribution in [-0.4, -0.2) is 84.3 Å². The Hall–Kier alpha value is 0.857. The molecule has 0 aliphatic heterocycles. The number of carboxylic acid groups (broad SMARTS) is 4. The third-order valence-electron chi connectivity index (χ3n) is 0. The monoisotopic (exact) mass is 280 g/mol. The molecule has 0 atom stereocenters. The van der Waals surface area contributed by atoms with Crippen molar-refractivity contribution >= 4 is 59.1 Å². The van der Waals surface area contributed by atoms with E-state index < -0.39 is 21.4 Å². The molecule has 0 aromatic carbocycles. The van der Waals surface area contributed by atoms with Crippen molar-refractivity contribution in [3.8, 4) is 0 Å². The summed E-state index contributed by atoms with van der Waals surface area (Å²) in [5.41, 5.74) is 0. The van der Waals surface area contributed by atoms with Gasteiger partial charge in [0.15, 0.2) is 0 Å². The molecule has 0 saturated carbocycles. The second-order valence-corrected chi connectivity index (χ2v) is 2.14. The Morgan fingerprint density at radius 2 is 0.867 bits per heavy atom. The van der Waals surface area contributed by atoms with Crippen LogP contribution >= 0.6 is 0 Å². The van der Waals surface area contributed by atoms with Crippen LogP contribution in [0.3, 0.4) is 0 Å². The second kappa shape index (κ2) is 17.3. The summed E-state index contributed by atoms with van der Waals surface area (Å²) in [5.74, 6) is 0. The quantitative estimate of drug-likeness (QED) is 0.265. The van der Waals surface area contributed by atoms with Crippen LogP contribution in [0.25, 0.3) is 0 Å². The molecule has 0 unspecified atom stereocenters. The van der Waals surface area contributed by atoms with E-state index in [0.717, 1.165) is 0 Å². The predicted molar refractivity (Wildman–Crippen MR) is 35.0 cm³/mol. The van der Waals surface area contributed by atoms with Crippen molar-refractivity contribution < 1.29 is 78.8 Å². The number of hydrogen-bond acceptors (Lipinski definition) is 6. The predicted octanol–water partition coefficient (Wildman–Crippen LogP) is -7.44. The molecule has 5 N–H and O–H groups in total. The van der Waals surface area contributed by atoms with Crippen LogP contribution < -0.4 is 43.9 Å². The molecule has 0 aromatic rings. The summed E-state index contributed by atoms with van der Waals surface area (Å²) in [6, 6.07) is 0. The summed E-state index contributed by atoms with van der Waals surface area (Å²) in [6.45, 7) is 0. The van der Waals surface area contributed by atoms with E-state index in [9.17, 15) is 0 Å². The molecule has 0 aliphatic rings. The van der Waals surface area contributed by atoms with E-state index in [4.69, 9.17) is 49.2 Å². The van der Waals surface area contributed by atoms with Gasteiger partial charge in [-0.05, 0) is 0 Å². The van der Waals surface area contributed by atoms with Crippen molar-refractivity contribution in [2.45, 2.75) is 0 Å². The molecular weight excluding hydrogens is 275 g/mol. The van der Waals surface area contributed by atoms with Crippen molar-refractivity contribution in [3.63, 3.8) is 0 Å². The van der Waals surface area contributed by atoms with Crippen LogP contribution in [0, 0.1) is 0 Å². The third kappa shape index (κ3) is 3350. The Morgan fingerprint density at radius 1 is 0.867 bits per heavy atom. The van der Waals surface area contributed by atoms with E-state index in [1.165, 1.54) is 0 Å². The molecule has 0 heterocycles. The second-order valence-electron chi connectivity index (χ2n) is 1.09. The number of rotatable bonds is 0. The minimum absolute atomic E-state index is 0. The Bertz CT molecular complexity index is 130. The van der Waals surface area contributed by atoms with Crippen LogP contribution in [0.15, 0.2) is 0 Å². The first kappa shape index (κ1) is 29.7. The fourth-order valence-corrected chi connectivity index (χ4v) is 0. The molecule has 13 heteroatoms. The van der Waals surface area contributed by atoms with Gasteiger partial charge in [0, 0.05) is 0 Å². The average molecular weight is 280 g/mol. The summed E-state index contributed by atoms with van der Waals surface area (Å²) in [6.07, 6.45) is -3.67. The molecule has 0 aromatic heterocycles. The standard InChI is InChI=1S/2CH2O3.Ca.Na.HO4Si/c2*2-1(3)4;;;1-5(2,3)4/h2*(H2,2,3,4);;;1H/q;;+2;+1;-3. The number of carbonyl (C=O) groups is 2. The van der Waals surface area contributed by atoms with Gasteiger partial charge in [-0.25, -0.2) is 9.59 Å². The summed E-state index contributed by atoms with van der Waals surface area (Å²) in [4.78, 5) is 50.2. The van der Waals surface area contributed by atoms with Crippen LogP contribution in [0.5, 0.6) is 0 Å². The van der Waals surface area contributed by atoms with Crippen molar-refractivity contribution in [2.24, 2.45) is 0 Å². The van der Waals surface area contributed by atoms with E-state index in [2.05, 4.69) is 0 Å². The molecule has 0 aliphatic carbocycles. The van der Waals surface area contributed by atoms with Gasteiger partial charge in [0.2, 0.25) is 0 Å². The Balaban J connectivity index is -0.0000000315. The maximum absolute atomic E-state index is 8.69. The topological polar surface area (TPSA) is 204 Å². The summed E-state index contributed by atoms with van der Waals surface area (Å²) >= 11 is 0. The van der Waals surface area contributed by atoms with Crippen LogP contribution in [0.2, 0.25) is 0 Å². The minimum Gasteiger partial charge on any atom is -0.861 e. The zero-order valence-corrected chi connectivity index (χ0v) is 12.7. The smallest absolute Gasteiger partial charge is 0.861 e. The average Bonchev–Trinajstić information content (AvgIpc) is 1.50. The van der Waals surface area contributed by atoms with Gasteiger partial charge in [-0.15, -0.1) is 9.05 Å². The maximum atomic E-state index is 8.69. The molecule has 0 radical (unpaired) electrons.